The molecule has 3 fully saturated rings. The molecule has 17 heavy (non-hydrogen) atoms. The molecular formula is C13H17Cl2NO. The molecule has 0 radical (unpaired) electrons. The fraction of sp³-hybridized carbons (Fsp3) is 0.538. The van der Waals surface area contributed by atoms with E-state index < -0.39 is 6.10 Å². The molecule has 0 aromatic heterocycles. The molecular weight excluding hydrogens is 257 g/mol. The van der Waals surface area contributed by atoms with Gasteiger partial charge in [-0.1, -0.05) is 23.7 Å². The number of hydrogen-bond acceptors (Lipinski definition) is 2. The molecule has 4 rings (SSSR count). The van der Waals surface area contributed by atoms with Gasteiger partial charge < -0.3 is 10.4 Å². The molecule has 2 bridgehead atoms. The second-order valence-electron chi connectivity index (χ2n) is 5.40. The molecule has 1 saturated carbocycles. The zero-order chi connectivity index (χ0) is 11.3. The minimum Gasteiger partial charge on any atom is -0.387 e. The first-order valence-corrected chi connectivity index (χ1v) is 6.16. The van der Waals surface area contributed by atoms with Gasteiger partial charge in [0.15, 0.2) is 0 Å². The Labute approximate surface area is 113 Å². The van der Waals surface area contributed by atoms with Gasteiger partial charge in [0.05, 0.1) is 6.10 Å². The summed E-state index contributed by atoms with van der Waals surface area (Å²) in [5, 5.41) is 14.6. The van der Waals surface area contributed by atoms with Gasteiger partial charge in [0.1, 0.15) is 0 Å². The molecule has 2 atom stereocenters. The smallest absolute Gasteiger partial charge is 0.0946 e. The molecule has 3 aliphatic rings. The highest BCUT2D eigenvalue weighted by atomic mass is 35.5. The minimum absolute atomic E-state index is 0. The van der Waals surface area contributed by atoms with E-state index in [4.69, 9.17) is 11.6 Å². The Hall–Kier alpha value is -0.280. The van der Waals surface area contributed by atoms with E-state index in [-0.39, 0.29) is 24.0 Å². The standard InChI is InChI=1S/C13H16ClNO.ClH/c1-13-6-9(7-13)11(15-13)12(16)8-3-2-4-10(14)5-8;/h2-5,9,11-12,15-16H,6-7H2,1H3;1H/t9?,11-,12?,13?;/m1./s1. The first kappa shape index (κ1) is 13.2. The predicted octanol–water partition coefficient (Wildman–Crippen LogP) is 2.94. The largest absolute Gasteiger partial charge is 0.387 e. The Kier molecular flexibility index (Phi) is 3.43. The first-order chi connectivity index (χ1) is 7.57. The lowest BCUT2D eigenvalue weighted by Crippen LogP contribution is -2.40. The molecule has 1 unspecified atom stereocenters. The lowest BCUT2D eigenvalue weighted by Gasteiger charge is -2.33. The fourth-order valence-electron chi connectivity index (χ4n) is 3.22. The van der Waals surface area contributed by atoms with Crippen LogP contribution in [0.1, 0.15) is 31.4 Å². The quantitative estimate of drug-likeness (QED) is 0.869. The van der Waals surface area contributed by atoms with Crippen LogP contribution in [0.2, 0.25) is 5.02 Å². The Balaban J connectivity index is 0.00000108. The van der Waals surface area contributed by atoms with Crippen molar-refractivity contribution in [1.82, 2.24) is 5.32 Å². The minimum atomic E-state index is -0.437. The van der Waals surface area contributed by atoms with Crippen LogP contribution in [0.4, 0.5) is 0 Å². The van der Waals surface area contributed by atoms with Gasteiger partial charge in [-0.05, 0) is 43.4 Å². The summed E-state index contributed by atoms with van der Waals surface area (Å²) in [5.41, 5.74) is 1.19. The summed E-state index contributed by atoms with van der Waals surface area (Å²) in [6, 6.07) is 7.72. The van der Waals surface area contributed by atoms with Crippen molar-refractivity contribution in [2.24, 2.45) is 5.92 Å². The average Bonchev–Trinajstić information content (AvgIpc) is 2.70. The van der Waals surface area contributed by atoms with Crippen molar-refractivity contribution in [3.63, 3.8) is 0 Å². The zero-order valence-electron chi connectivity index (χ0n) is 9.69. The van der Waals surface area contributed by atoms with Crippen molar-refractivity contribution in [3.05, 3.63) is 34.9 Å². The number of nitrogens with one attached hydrogen (secondary N) is 1. The van der Waals surface area contributed by atoms with Gasteiger partial charge in [0, 0.05) is 16.6 Å². The molecule has 2 aliphatic heterocycles. The van der Waals surface area contributed by atoms with Crippen LogP contribution in [0.25, 0.3) is 0 Å². The fourth-order valence-corrected chi connectivity index (χ4v) is 3.42. The van der Waals surface area contributed by atoms with Gasteiger partial charge in [-0.3, -0.25) is 0 Å². The molecule has 2 N–H and O–H groups in total. The van der Waals surface area contributed by atoms with Crippen LogP contribution < -0.4 is 5.32 Å². The second-order valence-corrected chi connectivity index (χ2v) is 5.84. The SMILES string of the molecule is CC12CC(C1)[C@H](C(O)c1cccc(Cl)c1)N2.Cl. The lowest BCUT2D eigenvalue weighted by molar-refractivity contribution is 0.121. The predicted molar refractivity (Wildman–Crippen MR) is 71.7 cm³/mol. The van der Waals surface area contributed by atoms with E-state index in [1.165, 1.54) is 12.8 Å². The number of aliphatic hydroxyl groups is 1. The van der Waals surface area contributed by atoms with Gasteiger partial charge >= 0.3 is 0 Å². The van der Waals surface area contributed by atoms with E-state index in [9.17, 15) is 5.11 Å². The van der Waals surface area contributed by atoms with Gasteiger partial charge in [0.2, 0.25) is 0 Å². The van der Waals surface area contributed by atoms with Crippen molar-refractivity contribution in [1.29, 1.82) is 0 Å². The van der Waals surface area contributed by atoms with Gasteiger partial charge in [0.25, 0.3) is 0 Å². The average molecular weight is 274 g/mol. The third-order valence-corrected chi connectivity index (χ3v) is 4.21. The third-order valence-electron chi connectivity index (χ3n) is 3.98. The van der Waals surface area contributed by atoms with Crippen LogP contribution in [0.15, 0.2) is 24.3 Å². The van der Waals surface area contributed by atoms with Crippen molar-refractivity contribution >= 4 is 24.0 Å². The molecule has 4 heteroatoms. The van der Waals surface area contributed by atoms with Crippen molar-refractivity contribution in [3.8, 4) is 0 Å². The maximum Gasteiger partial charge on any atom is 0.0946 e. The molecule has 1 aromatic rings. The van der Waals surface area contributed by atoms with E-state index >= 15 is 0 Å². The van der Waals surface area contributed by atoms with Gasteiger partial charge in [-0.25, -0.2) is 0 Å². The summed E-state index contributed by atoms with van der Waals surface area (Å²) >= 11 is 5.94. The number of aliphatic hydroxyl groups excluding tert-OH is 1. The highest BCUT2D eigenvalue weighted by molar-refractivity contribution is 6.30. The van der Waals surface area contributed by atoms with Crippen molar-refractivity contribution in [2.75, 3.05) is 0 Å². The van der Waals surface area contributed by atoms with E-state index in [0.717, 1.165) is 5.56 Å². The van der Waals surface area contributed by atoms with E-state index in [0.29, 0.717) is 10.9 Å². The molecule has 2 saturated heterocycles. The summed E-state index contributed by atoms with van der Waals surface area (Å²) in [6.07, 6.45) is 1.94. The van der Waals surface area contributed by atoms with Crippen LogP contribution in [-0.4, -0.2) is 16.7 Å². The lowest BCUT2D eigenvalue weighted by atomic mass is 9.72. The Morgan fingerprint density at radius 2 is 2.18 bits per heavy atom. The van der Waals surface area contributed by atoms with Crippen LogP contribution in [0.5, 0.6) is 0 Å². The molecule has 94 valence electrons. The summed E-state index contributed by atoms with van der Waals surface area (Å²) in [6.45, 7) is 2.23. The number of fused-ring (bicyclic) bond motifs is 1. The molecule has 0 spiro atoms. The number of rotatable bonds is 2. The molecule has 1 aliphatic carbocycles. The van der Waals surface area contributed by atoms with Gasteiger partial charge in [-0.2, -0.15) is 0 Å². The Morgan fingerprint density at radius 1 is 1.47 bits per heavy atom. The maximum absolute atomic E-state index is 10.3. The number of benzene rings is 1. The molecule has 2 nitrogen and oxygen atoms in total. The topological polar surface area (TPSA) is 32.3 Å². The normalized spacial score (nSPS) is 35.9. The Bertz CT molecular complexity index is 418. The highest BCUT2D eigenvalue weighted by Gasteiger charge is 2.54. The Morgan fingerprint density at radius 3 is 2.71 bits per heavy atom. The second kappa shape index (κ2) is 4.43. The van der Waals surface area contributed by atoms with E-state index in [1.54, 1.807) is 0 Å². The number of hydrogen-bond donors (Lipinski definition) is 2. The number of halogens is 2. The van der Waals surface area contributed by atoms with Crippen LogP contribution in [-0.2, 0) is 0 Å². The van der Waals surface area contributed by atoms with Crippen molar-refractivity contribution < 1.29 is 5.11 Å². The molecule has 2 heterocycles. The third kappa shape index (κ3) is 2.19. The van der Waals surface area contributed by atoms with E-state index in [2.05, 4.69) is 12.2 Å². The zero-order valence-corrected chi connectivity index (χ0v) is 11.3. The molecule has 0 amide bonds. The van der Waals surface area contributed by atoms with Crippen LogP contribution in [0, 0.1) is 5.92 Å². The van der Waals surface area contributed by atoms with E-state index in [1.807, 2.05) is 24.3 Å². The summed E-state index contributed by atoms with van der Waals surface area (Å²) in [5.74, 6) is 0.624. The van der Waals surface area contributed by atoms with Crippen molar-refractivity contribution in [2.45, 2.75) is 37.5 Å². The first-order valence-electron chi connectivity index (χ1n) is 5.79. The van der Waals surface area contributed by atoms with Crippen LogP contribution in [0.3, 0.4) is 0 Å². The highest BCUT2D eigenvalue weighted by Crippen LogP contribution is 2.50. The summed E-state index contributed by atoms with van der Waals surface area (Å²) in [4.78, 5) is 0. The van der Waals surface area contributed by atoms with Crippen LogP contribution >= 0.6 is 24.0 Å². The monoisotopic (exact) mass is 273 g/mol. The molecule has 1 aromatic carbocycles. The summed E-state index contributed by atoms with van der Waals surface area (Å²) in [7, 11) is 0. The van der Waals surface area contributed by atoms with Gasteiger partial charge in [-0.15, -0.1) is 12.4 Å². The maximum atomic E-state index is 10.3. The summed E-state index contributed by atoms with van der Waals surface area (Å²) < 4.78 is 0.